The molecule has 12 heteroatoms. The highest BCUT2D eigenvalue weighted by atomic mass is 127. The Labute approximate surface area is 198 Å². The number of hydrogen-bond acceptors (Lipinski definition) is 7. The Morgan fingerprint density at radius 2 is 1.81 bits per heavy atom. The quantitative estimate of drug-likeness (QED) is 0.316. The smallest absolute Gasteiger partial charge is 0.194 e. The van der Waals surface area contributed by atoms with Crippen LogP contribution in [-0.2, 0) is 4.74 Å². The Morgan fingerprint density at radius 1 is 1.09 bits per heavy atom. The van der Waals surface area contributed by atoms with Crippen molar-refractivity contribution >= 4 is 34.4 Å². The maximum atomic E-state index is 13.6. The molecule has 3 aromatic rings. The second-order valence-corrected chi connectivity index (χ2v) is 9.53. The van der Waals surface area contributed by atoms with E-state index >= 15 is 0 Å². The van der Waals surface area contributed by atoms with Crippen LogP contribution in [0.15, 0.2) is 47.5 Å². The van der Waals surface area contributed by atoms with E-state index in [-0.39, 0.29) is 11.3 Å². The van der Waals surface area contributed by atoms with Crippen LogP contribution in [0.1, 0.15) is 6.04 Å². The van der Waals surface area contributed by atoms with Crippen molar-refractivity contribution in [3.63, 3.8) is 0 Å². The number of halogens is 4. The standard InChI is InChI=1S/C20H17F3IN3O4S/c21-12-4-9(5-13(22)16(12)23)14-7-27(26-25-14)17-18(29)15(8-28)31-20(19(17)30)32-11-3-1-2-10(24)6-11/h1-7,15,17-20,28-30H,8H2/t15-,17+,18+,19-,20-/m1/s1. The maximum absolute atomic E-state index is 13.6. The van der Waals surface area contributed by atoms with Gasteiger partial charge in [0, 0.05) is 14.0 Å². The third-order valence-corrected chi connectivity index (χ3v) is 6.81. The Morgan fingerprint density at radius 3 is 2.47 bits per heavy atom. The number of hydrogen-bond donors (Lipinski definition) is 3. The van der Waals surface area contributed by atoms with E-state index in [0.29, 0.717) is 0 Å². The lowest BCUT2D eigenvalue weighted by atomic mass is 9.97. The first-order chi connectivity index (χ1) is 15.3. The van der Waals surface area contributed by atoms with Gasteiger partial charge in [-0.05, 0) is 52.9 Å². The van der Waals surface area contributed by atoms with E-state index in [4.69, 9.17) is 4.74 Å². The number of ether oxygens (including phenoxy) is 1. The highest BCUT2D eigenvalue weighted by Gasteiger charge is 2.46. The topological polar surface area (TPSA) is 101 Å². The summed E-state index contributed by atoms with van der Waals surface area (Å²) in [5, 5.41) is 39.0. The maximum Gasteiger partial charge on any atom is 0.194 e. The number of nitrogens with zero attached hydrogens (tertiary/aromatic N) is 3. The van der Waals surface area contributed by atoms with Crippen molar-refractivity contribution in [1.82, 2.24) is 15.0 Å². The molecule has 32 heavy (non-hydrogen) atoms. The van der Waals surface area contributed by atoms with Crippen LogP contribution in [0, 0.1) is 21.0 Å². The van der Waals surface area contributed by atoms with Crippen LogP contribution < -0.4 is 0 Å². The van der Waals surface area contributed by atoms with Crippen LogP contribution in [0.3, 0.4) is 0 Å². The van der Waals surface area contributed by atoms with Gasteiger partial charge in [0.05, 0.1) is 12.8 Å². The summed E-state index contributed by atoms with van der Waals surface area (Å²) in [4.78, 5) is 0.810. The Balaban J connectivity index is 1.64. The van der Waals surface area contributed by atoms with Crippen molar-refractivity contribution in [2.45, 2.75) is 34.7 Å². The summed E-state index contributed by atoms with van der Waals surface area (Å²) >= 11 is 3.37. The van der Waals surface area contributed by atoms with E-state index in [0.717, 1.165) is 25.3 Å². The average Bonchev–Trinajstić information content (AvgIpc) is 3.23. The van der Waals surface area contributed by atoms with Crippen molar-refractivity contribution in [2.75, 3.05) is 6.61 Å². The summed E-state index contributed by atoms with van der Waals surface area (Å²) < 4.78 is 48.3. The SMILES string of the molecule is OC[C@H]1O[C@H](Sc2cccc(I)c2)[C@H](O)[C@@H](n2cc(-c3cc(F)c(F)c(F)c3)nn2)[C@H]1O. The predicted molar refractivity (Wildman–Crippen MR) is 117 cm³/mol. The lowest BCUT2D eigenvalue weighted by Crippen LogP contribution is -2.55. The molecule has 0 aliphatic carbocycles. The molecule has 2 heterocycles. The lowest BCUT2D eigenvalue weighted by molar-refractivity contribution is -0.178. The summed E-state index contributed by atoms with van der Waals surface area (Å²) in [6.45, 7) is -0.510. The number of aromatic nitrogens is 3. The summed E-state index contributed by atoms with van der Waals surface area (Å²) in [6, 6.07) is 7.95. The van der Waals surface area contributed by atoms with Crippen LogP contribution in [0.25, 0.3) is 11.3 Å². The number of thioether (sulfide) groups is 1. The molecule has 0 unspecified atom stereocenters. The molecule has 5 atom stereocenters. The molecule has 170 valence electrons. The van der Waals surface area contributed by atoms with E-state index in [1.54, 1.807) is 0 Å². The number of aliphatic hydroxyl groups is 3. The normalized spacial score (nSPS) is 25.8. The van der Waals surface area contributed by atoms with Gasteiger partial charge in [0.25, 0.3) is 0 Å². The van der Waals surface area contributed by atoms with Gasteiger partial charge in [0.2, 0.25) is 0 Å². The van der Waals surface area contributed by atoms with Crippen molar-refractivity contribution < 1.29 is 33.2 Å². The minimum Gasteiger partial charge on any atom is -0.394 e. The van der Waals surface area contributed by atoms with E-state index < -0.39 is 53.8 Å². The highest BCUT2D eigenvalue weighted by molar-refractivity contribution is 14.1. The number of benzene rings is 2. The van der Waals surface area contributed by atoms with Crippen LogP contribution in [-0.4, -0.2) is 60.7 Å². The summed E-state index contributed by atoms with van der Waals surface area (Å²) in [7, 11) is 0. The van der Waals surface area contributed by atoms with Crippen molar-refractivity contribution in [3.05, 3.63) is 63.6 Å². The molecule has 1 aliphatic rings. The third-order valence-electron chi connectivity index (χ3n) is 4.99. The monoisotopic (exact) mass is 579 g/mol. The van der Waals surface area contributed by atoms with Gasteiger partial charge in [-0.15, -0.1) is 5.10 Å². The minimum atomic E-state index is -1.60. The van der Waals surface area contributed by atoms with E-state index in [1.165, 1.54) is 18.0 Å². The fourth-order valence-electron chi connectivity index (χ4n) is 3.41. The molecule has 0 radical (unpaired) electrons. The lowest BCUT2D eigenvalue weighted by Gasteiger charge is -2.41. The van der Waals surface area contributed by atoms with Crippen molar-refractivity contribution in [1.29, 1.82) is 0 Å². The molecule has 0 saturated carbocycles. The molecule has 0 bridgehead atoms. The summed E-state index contributed by atoms with van der Waals surface area (Å²) in [5.74, 6) is -4.36. The highest BCUT2D eigenvalue weighted by Crippen LogP contribution is 2.38. The molecule has 1 saturated heterocycles. The van der Waals surface area contributed by atoms with Gasteiger partial charge < -0.3 is 20.1 Å². The van der Waals surface area contributed by atoms with E-state index in [2.05, 4.69) is 32.9 Å². The Hall–Kier alpha value is -1.71. The fraction of sp³-hybridized carbons (Fsp3) is 0.300. The van der Waals surface area contributed by atoms with Crippen molar-refractivity contribution in [3.8, 4) is 11.3 Å². The van der Waals surface area contributed by atoms with E-state index in [1.807, 2.05) is 24.3 Å². The molecule has 1 fully saturated rings. The molecule has 7 nitrogen and oxygen atoms in total. The van der Waals surface area contributed by atoms with Crippen molar-refractivity contribution in [2.24, 2.45) is 0 Å². The second kappa shape index (κ2) is 9.65. The summed E-state index contributed by atoms with van der Waals surface area (Å²) in [5.41, 5.74) is -0.907. The van der Waals surface area contributed by atoms with Crippen LogP contribution in [0.4, 0.5) is 13.2 Å². The number of aliphatic hydroxyl groups excluding tert-OH is 3. The number of rotatable bonds is 5. The zero-order valence-corrected chi connectivity index (χ0v) is 19.1. The van der Waals surface area contributed by atoms with Crippen LogP contribution in [0.2, 0.25) is 0 Å². The largest absolute Gasteiger partial charge is 0.394 e. The molecule has 1 aliphatic heterocycles. The first kappa shape index (κ1) is 23.4. The zero-order chi connectivity index (χ0) is 23.0. The molecular formula is C20H17F3IN3O4S. The second-order valence-electron chi connectivity index (χ2n) is 7.11. The first-order valence-corrected chi connectivity index (χ1v) is 11.4. The van der Waals surface area contributed by atoms with Gasteiger partial charge in [-0.25, -0.2) is 17.9 Å². The fourth-order valence-corrected chi connectivity index (χ4v) is 5.28. The molecule has 2 aromatic carbocycles. The summed E-state index contributed by atoms with van der Waals surface area (Å²) in [6.07, 6.45) is -2.36. The predicted octanol–water partition coefficient (Wildman–Crippen LogP) is 2.74. The zero-order valence-electron chi connectivity index (χ0n) is 16.1. The first-order valence-electron chi connectivity index (χ1n) is 9.40. The van der Waals surface area contributed by atoms with Gasteiger partial charge in [-0.3, -0.25) is 0 Å². The van der Waals surface area contributed by atoms with Crippen LogP contribution in [0.5, 0.6) is 0 Å². The van der Waals surface area contributed by atoms with E-state index in [9.17, 15) is 28.5 Å². The van der Waals surface area contributed by atoms with Gasteiger partial charge in [0.1, 0.15) is 35.5 Å². The average molecular weight is 579 g/mol. The molecule has 0 spiro atoms. The Bertz CT molecular complexity index is 1100. The Kier molecular flexibility index (Phi) is 7.07. The van der Waals surface area contributed by atoms with Crippen LogP contribution >= 0.6 is 34.4 Å². The van der Waals surface area contributed by atoms with Gasteiger partial charge in [-0.2, -0.15) is 0 Å². The van der Waals surface area contributed by atoms with Gasteiger partial charge in [0.15, 0.2) is 17.5 Å². The minimum absolute atomic E-state index is 0.0102. The molecule has 0 amide bonds. The molecule has 3 N–H and O–H groups in total. The third kappa shape index (κ3) is 4.65. The molecule has 1 aromatic heterocycles. The van der Waals surface area contributed by atoms with Gasteiger partial charge in [-0.1, -0.05) is 23.0 Å². The molecule has 4 rings (SSSR count). The molecular weight excluding hydrogens is 562 g/mol. The van der Waals surface area contributed by atoms with Gasteiger partial charge >= 0.3 is 0 Å².